The summed E-state index contributed by atoms with van der Waals surface area (Å²) in [4.78, 5) is 11.4. The summed E-state index contributed by atoms with van der Waals surface area (Å²) in [5, 5.41) is 3.89. The van der Waals surface area contributed by atoms with E-state index in [0.717, 1.165) is 18.1 Å². The number of amides is 1. The molecule has 2 unspecified atom stereocenters. The van der Waals surface area contributed by atoms with E-state index in [9.17, 15) is 4.79 Å². The first-order chi connectivity index (χ1) is 6.63. The summed E-state index contributed by atoms with van der Waals surface area (Å²) < 4.78 is 0. The Bertz CT molecular complexity index is 194. The summed E-state index contributed by atoms with van der Waals surface area (Å²) >= 11 is 2.03. The molecule has 1 fully saturated rings. The van der Waals surface area contributed by atoms with Crippen LogP contribution in [0, 0.1) is 5.92 Å². The Morgan fingerprint density at radius 1 is 1.50 bits per heavy atom. The van der Waals surface area contributed by atoms with E-state index in [1.165, 1.54) is 12.2 Å². The molecule has 1 saturated carbocycles. The van der Waals surface area contributed by atoms with Gasteiger partial charge in [-0.15, -0.1) is 0 Å². The molecule has 0 aromatic carbocycles. The minimum absolute atomic E-state index is 0.118. The number of rotatable bonds is 4. The second-order valence-corrected chi connectivity index (χ2v) is 5.83. The molecular weight excluding hydrogens is 194 g/mol. The van der Waals surface area contributed by atoms with Crippen LogP contribution in [0.3, 0.4) is 0 Å². The van der Waals surface area contributed by atoms with E-state index in [2.05, 4.69) is 12.2 Å². The van der Waals surface area contributed by atoms with E-state index < -0.39 is 0 Å². The Morgan fingerprint density at radius 2 is 2.21 bits per heavy atom. The fourth-order valence-corrected chi connectivity index (χ4v) is 2.97. The molecule has 82 valence electrons. The zero-order valence-electron chi connectivity index (χ0n) is 9.38. The van der Waals surface area contributed by atoms with Crippen molar-refractivity contribution in [3.8, 4) is 0 Å². The van der Waals surface area contributed by atoms with Crippen molar-refractivity contribution >= 4 is 17.7 Å². The van der Waals surface area contributed by atoms with Crippen molar-refractivity contribution in [2.24, 2.45) is 5.92 Å². The predicted octanol–water partition coefficient (Wildman–Crippen LogP) is 2.43. The maximum absolute atomic E-state index is 11.4. The van der Waals surface area contributed by atoms with E-state index >= 15 is 0 Å². The van der Waals surface area contributed by atoms with Crippen LogP contribution in [0.4, 0.5) is 0 Å². The van der Waals surface area contributed by atoms with Gasteiger partial charge in [-0.1, -0.05) is 20.8 Å². The summed E-state index contributed by atoms with van der Waals surface area (Å²) in [7, 11) is 0. The Kier molecular flexibility index (Phi) is 4.79. The van der Waals surface area contributed by atoms with Gasteiger partial charge in [-0.25, -0.2) is 0 Å². The molecule has 2 nitrogen and oxygen atoms in total. The molecule has 0 heterocycles. The molecule has 0 spiro atoms. The standard InChI is InChI=1S/C11H21NOS/c1-4-14-10-6-5-9(7-10)12-11(13)8(2)3/h8-10H,4-7H2,1-3H3,(H,12,13). The average Bonchev–Trinajstić information content (AvgIpc) is 2.53. The summed E-state index contributed by atoms with van der Waals surface area (Å²) in [6, 6.07) is 0.439. The molecule has 3 heteroatoms. The molecule has 1 aliphatic rings. The molecule has 0 aromatic heterocycles. The monoisotopic (exact) mass is 215 g/mol. The second-order valence-electron chi connectivity index (χ2n) is 4.25. The highest BCUT2D eigenvalue weighted by Crippen LogP contribution is 2.29. The lowest BCUT2D eigenvalue weighted by molar-refractivity contribution is -0.124. The summed E-state index contributed by atoms with van der Waals surface area (Å²) in [6.07, 6.45) is 3.59. The smallest absolute Gasteiger partial charge is 0.222 e. The van der Waals surface area contributed by atoms with Crippen LogP contribution in [-0.4, -0.2) is 23.0 Å². The van der Waals surface area contributed by atoms with Crippen molar-refractivity contribution in [2.75, 3.05) is 5.75 Å². The van der Waals surface area contributed by atoms with Crippen LogP contribution < -0.4 is 5.32 Å². The molecule has 0 bridgehead atoms. The van der Waals surface area contributed by atoms with Gasteiger partial charge < -0.3 is 5.32 Å². The molecule has 0 saturated heterocycles. The highest BCUT2D eigenvalue weighted by atomic mass is 32.2. The van der Waals surface area contributed by atoms with Crippen molar-refractivity contribution in [3.63, 3.8) is 0 Å². The third-order valence-corrected chi connectivity index (χ3v) is 3.89. The van der Waals surface area contributed by atoms with Crippen LogP contribution in [0.5, 0.6) is 0 Å². The third-order valence-electron chi connectivity index (χ3n) is 2.66. The van der Waals surface area contributed by atoms with Gasteiger partial charge in [0.15, 0.2) is 0 Å². The third kappa shape index (κ3) is 3.52. The van der Waals surface area contributed by atoms with E-state index in [0.29, 0.717) is 6.04 Å². The van der Waals surface area contributed by atoms with Crippen LogP contribution in [0.1, 0.15) is 40.0 Å². The molecule has 0 aromatic rings. The van der Waals surface area contributed by atoms with Gasteiger partial charge in [-0.2, -0.15) is 11.8 Å². The lowest BCUT2D eigenvalue weighted by atomic mass is 10.2. The van der Waals surface area contributed by atoms with Gasteiger partial charge in [-0.05, 0) is 25.0 Å². The van der Waals surface area contributed by atoms with Gasteiger partial charge in [0.05, 0.1) is 0 Å². The largest absolute Gasteiger partial charge is 0.353 e. The average molecular weight is 215 g/mol. The lowest BCUT2D eigenvalue weighted by Gasteiger charge is -2.14. The molecule has 1 N–H and O–H groups in total. The molecule has 14 heavy (non-hydrogen) atoms. The number of hydrogen-bond donors (Lipinski definition) is 1. The Morgan fingerprint density at radius 3 is 2.79 bits per heavy atom. The molecule has 0 radical (unpaired) electrons. The Balaban J connectivity index is 2.25. The molecular formula is C11H21NOS. The molecule has 2 atom stereocenters. The normalized spacial score (nSPS) is 26.9. The van der Waals surface area contributed by atoms with Crippen molar-refractivity contribution in [1.29, 1.82) is 0 Å². The minimum Gasteiger partial charge on any atom is -0.353 e. The first-order valence-electron chi connectivity index (χ1n) is 5.55. The first-order valence-corrected chi connectivity index (χ1v) is 6.60. The van der Waals surface area contributed by atoms with Gasteiger partial charge in [0.2, 0.25) is 5.91 Å². The van der Waals surface area contributed by atoms with Gasteiger partial charge in [0, 0.05) is 17.2 Å². The fraction of sp³-hybridized carbons (Fsp3) is 0.909. The van der Waals surface area contributed by atoms with Gasteiger partial charge in [0.1, 0.15) is 0 Å². The lowest BCUT2D eigenvalue weighted by Crippen LogP contribution is -2.35. The van der Waals surface area contributed by atoms with Crippen molar-refractivity contribution in [2.45, 2.75) is 51.3 Å². The number of carbonyl (C=O) groups is 1. The van der Waals surface area contributed by atoms with Gasteiger partial charge in [0.25, 0.3) is 0 Å². The Labute approximate surface area is 91.2 Å². The zero-order chi connectivity index (χ0) is 10.6. The maximum atomic E-state index is 11.4. The number of thioether (sulfide) groups is 1. The van der Waals surface area contributed by atoms with Crippen molar-refractivity contribution < 1.29 is 4.79 Å². The van der Waals surface area contributed by atoms with Crippen molar-refractivity contribution in [3.05, 3.63) is 0 Å². The SMILES string of the molecule is CCSC1CCC(NC(=O)C(C)C)C1. The maximum Gasteiger partial charge on any atom is 0.222 e. The highest BCUT2D eigenvalue weighted by molar-refractivity contribution is 7.99. The first kappa shape index (κ1) is 11.9. The number of carbonyl (C=O) groups excluding carboxylic acids is 1. The summed E-state index contributed by atoms with van der Waals surface area (Å²) in [5.74, 6) is 1.51. The number of hydrogen-bond acceptors (Lipinski definition) is 2. The summed E-state index contributed by atoms with van der Waals surface area (Å²) in [5.41, 5.74) is 0. The van der Waals surface area contributed by atoms with Crippen LogP contribution in [0.15, 0.2) is 0 Å². The Hall–Kier alpha value is -0.180. The van der Waals surface area contributed by atoms with Gasteiger partial charge >= 0.3 is 0 Å². The zero-order valence-corrected chi connectivity index (χ0v) is 10.2. The van der Waals surface area contributed by atoms with Crippen molar-refractivity contribution in [1.82, 2.24) is 5.32 Å². The van der Waals surface area contributed by atoms with E-state index in [1.807, 2.05) is 25.6 Å². The quantitative estimate of drug-likeness (QED) is 0.780. The molecule has 1 amide bonds. The predicted molar refractivity (Wildman–Crippen MR) is 62.5 cm³/mol. The van der Waals surface area contributed by atoms with E-state index in [1.54, 1.807) is 0 Å². The molecule has 1 aliphatic carbocycles. The minimum atomic E-state index is 0.118. The molecule has 1 rings (SSSR count). The summed E-state index contributed by atoms with van der Waals surface area (Å²) in [6.45, 7) is 6.09. The fourth-order valence-electron chi connectivity index (χ4n) is 1.83. The van der Waals surface area contributed by atoms with Crippen LogP contribution >= 0.6 is 11.8 Å². The van der Waals surface area contributed by atoms with Crippen LogP contribution in [0.25, 0.3) is 0 Å². The van der Waals surface area contributed by atoms with Crippen LogP contribution in [0.2, 0.25) is 0 Å². The second kappa shape index (κ2) is 5.64. The topological polar surface area (TPSA) is 29.1 Å². The number of nitrogens with one attached hydrogen (secondary N) is 1. The van der Waals surface area contributed by atoms with E-state index in [-0.39, 0.29) is 11.8 Å². The van der Waals surface area contributed by atoms with Gasteiger partial charge in [-0.3, -0.25) is 4.79 Å². The van der Waals surface area contributed by atoms with Crippen LogP contribution in [-0.2, 0) is 4.79 Å². The van der Waals surface area contributed by atoms with E-state index in [4.69, 9.17) is 0 Å². The molecule has 0 aliphatic heterocycles. The highest BCUT2D eigenvalue weighted by Gasteiger charge is 2.25.